The van der Waals surface area contributed by atoms with Crippen molar-refractivity contribution in [2.24, 2.45) is 0 Å². The summed E-state index contributed by atoms with van der Waals surface area (Å²) in [7, 11) is 0. The molecular formula is C17H13N3. The Balaban J connectivity index is 1.87. The van der Waals surface area contributed by atoms with Crippen LogP contribution in [0.25, 0.3) is 11.1 Å². The minimum Gasteiger partial charge on any atom is -0.268 e. The predicted octanol–water partition coefficient (Wildman–Crippen LogP) is 3.47. The Bertz CT molecular complexity index is 751. The van der Waals surface area contributed by atoms with E-state index < -0.39 is 0 Å². The highest BCUT2D eigenvalue weighted by atomic mass is 15.3. The van der Waals surface area contributed by atoms with Gasteiger partial charge in [-0.2, -0.15) is 10.4 Å². The lowest BCUT2D eigenvalue weighted by atomic mass is 10.1. The van der Waals surface area contributed by atoms with Crippen LogP contribution in [0.4, 0.5) is 0 Å². The van der Waals surface area contributed by atoms with E-state index in [2.05, 4.69) is 23.3 Å². The average molecular weight is 259 g/mol. The van der Waals surface area contributed by atoms with Gasteiger partial charge in [0.15, 0.2) is 0 Å². The quantitative estimate of drug-likeness (QED) is 0.722. The van der Waals surface area contributed by atoms with Crippen molar-refractivity contribution in [3.05, 3.63) is 78.1 Å². The summed E-state index contributed by atoms with van der Waals surface area (Å²) in [5.41, 5.74) is 3.91. The van der Waals surface area contributed by atoms with Crippen molar-refractivity contribution in [1.82, 2.24) is 9.78 Å². The number of aromatic nitrogens is 2. The molecule has 0 aliphatic carbocycles. The monoisotopic (exact) mass is 259 g/mol. The second-order valence-electron chi connectivity index (χ2n) is 4.56. The summed E-state index contributed by atoms with van der Waals surface area (Å²) < 4.78 is 1.86. The first kappa shape index (κ1) is 12.2. The van der Waals surface area contributed by atoms with E-state index in [1.54, 1.807) is 0 Å². The normalized spacial score (nSPS) is 10.2. The molecule has 0 saturated carbocycles. The fourth-order valence-corrected chi connectivity index (χ4v) is 2.17. The largest absolute Gasteiger partial charge is 0.268 e. The van der Waals surface area contributed by atoms with Gasteiger partial charge in [-0.15, -0.1) is 0 Å². The standard InChI is InChI=1S/C17H13N3/c18-10-15-8-4-5-9-16(15)12-20-13-17(11-19-20)14-6-2-1-3-7-14/h1-9,11,13H,12H2. The van der Waals surface area contributed by atoms with E-state index in [1.807, 2.05) is 59.5 Å². The van der Waals surface area contributed by atoms with E-state index in [1.165, 1.54) is 0 Å². The number of rotatable bonds is 3. The molecule has 0 amide bonds. The van der Waals surface area contributed by atoms with Crippen LogP contribution in [-0.2, 0) is 6.54 Å². The summed E-state index contributed by atoms with van der Waals surface area (Å²) in [5, 5.41) is 13.5. The number of benzene rings is 2. The van der Waals surface area contributed by atoms with Crippen LogP contribution in [-0.4, -0.2) is 9.78 Å². The molecule has 0 radical (unpaired) electrons. The molecule has 3 heteroatoms. The molecule has 1 aromatic heterocycles. The first-order valence-corrected chi connectivity index (χ1v) is 6.43. The number of nitriles is 1. The van der Waals surface area contributed by atoms with Gasteiger partial charge in [0.2, 0.25) is 0 Å². The van der Waals surface area contributed by atoms with Crippen molar-refractivity contribution in [3.63, 3.8) is 0 Å². The molecule has 0 fully saturated rings. The first-order valence-electron chi connectivity index (χ1n) is 6.43. The van der Waals surface area contributed by atoms with E-state index in [-0.39, 0.29) is 0 Å². The number of hydrogen-bond donors (Lipinski definition) is 0. The van der Waals surface area contributed by atoms with Crippen LogP contribution < -0.4 is 0 Å². The van der Waals surface area contributed by atoms with Crippen LogP contribution in [0.15, 0.2) is 67.0 Å². The SMILES string of the molecule is N#Cc1ccccc1Cn1cc(-c2ccccc2)cn1. The van der Waals surface area contributed by atoms with Gasteiger partial charge in [-0.05, 0) is 17.2 Å². The average Bonchev–Trinajstić information content (AvgIpc) is 2.97. The number of hydrogen-bond acceptors (Lipinski definition) is 2. The molecule has 0 aliphatic rings. The highest BCUT2D eigenvalue weighted by Crippen LogP contribution is 2.18. The third kappa shape index (κ3) is 2.45. The van der Waals surface area contributed by atoms with Gasteiger partial charge in [0.1, 0.15) is 0 Å². The molecule has 0 bridgehead atoms. The molecule has 0 aliphatic heterocycles. The Morgan fingerprint density at radius 1 is 0.950 bits per heavy atom. The number of nitrogens with zero attached hydrogens (tertiary/aromatic N) is 3. The van der Waals surface area contributed by atoms with Crippen molar-refractivity contribution < 1.29 is 0 Å². The maximum absolute atomic E-state index is 9.10. The molecule has 20 heavy (non-hydrogen) atoms. The molecule has 2 aromatic carbocycles. The predicted molar refractivity (Wildman–Crippen MR) is 77.9 cm³/mol. The second kappa shape index (κ2) is 5.41. The second-order valence-corrected chi connectivity index (χ2v) is 4.56. The lowest BCUT2D eigenvalue weighted by molar-refractivity contribution is 0.686. The summed E-state index contributed by atoms with van der Waals surface area (Å²) >= 11 is 0. The molecule has 1 heterocycles. The highest BCUT2D eigenvalue weighted by Gasteiger charge is 2.04. The van der Waals surface area contributed by atoms with Crippen LogP contribution >= 0.6 is 0 Å². The highest BCUT2D eigenvalue weighted by molar-refractivity contribution is 5.61. The molecule has 0 N–H and O–H groups in total. The summed E-state index contributed by atoms with van der Waals surface area (Å²) in [4.78, 5) is 0. The van der Waals surface area contributed by atoms with Crippen LogP contribution in [0.2, 0.25) is 0 Å². The lowest BCUT2D eigenvalue weighted by Crippen LogP contribution is -2.01. The van der Waals surface area contributed by atoms with E-state index >= 15 is 0 Å². The van der Waals surface area contributed by atoms with Crippen molar-refractivity contribution in [2.75, 3.05) is 0 Å². The van der Waals surface area contributed by atoms with Crippen LogP contribution in [0, 0.1) is 11.3 Å². The van der Waals surface area contributed by atoms with Gasteiger partial charge >= 0.3 is 0 Å². The summed E-state index contributed by atoms with van der Waals surface area (Å²) in [5.74, 6) is 0. The minimum absolute atomic E-state index is 0.608. The minimum atomic E-state index is 0.608. The van der Waals surface area contributed by atoms with E-state index in [0.29, 0.717) is 12.1 Å². The van der Waals surface area contributed by atoms with E-state index in [9.17, 15) is 0 Å². The molecular weight excluding hydrogens is 246 g/mol. The zero-order valence-electron chi connectivity index (χ0n) is 10.9. The zero-order chi connectivity index (χ0) is 13.8. The van der Waals surface area contributed by atoms with Crippen LogP contribution in [0.3, 0.4) is 0 Å². The first-order chi connectivity index (χ1) is 9.86. The molecule has 0 spiro atoms. The Labute approximate surface area is 117 Å². The van der Waals surface area contributed by atoms with Gasteiger partial charge in [0.05, 0.1) is 24.4 Å². The van der Waals surface area contributed by atoms with Gasteiger partial charge < -0.3 is 0 Å². The smallest absolute Gasteiger partial charge is 0.0995 e. The molecule has 3 rings (SSSR count). The van der Waals surface area contributed by atoms with Gasteiger partial charge in [-0.3, -0.25) is 4.68 Å². The Morgan fingerprint density at radius 3 is 2.50 bits per heavy atom. The van der Waals surface area contributed by atoms with Crippen molar-refractivity contribution in [1.29, 1.82) is 5.26 Å². The summed E-state index contributed by atoms with van der Waals surface area (Å²) in [6, 6.07) is 20.0. The van der Waals surface area contributed by atoms with Crippen molar-refractivity contribution in [3.8, 4) is 17.2 Å². The van der Waals surface area contributed by atoms with E-state index in [0.717, 1.165) is 16.7 Å². The summed E-state index contributed by atoms with van der Waals surface area (Å²) in [6.07, 6.45) is 3.85. The fourth-order valence-electron chi connectivity index (χ4n) is 2.17. The van der Waals surface area contributed by atoms with Crippen LogP contribution in [0.1, 0.15) is 11.1 Å². The van der Waals surface area contributed by atoms with Gasteiger partial charge in [0.25, 0.3) is 0 Å². The molecule has 3 nitrogen and oxygen atoms in total. The van der Waals surface area contributed by atoms with Crippen molar-refractivity contribution in [2.45, 2.75) is 6.54 Å². The third-order valence-electron chi connectivity index (χ3n) is 3.21. The van der Waals surface area contributed by atoms with Crippen molar-refractivity contribution >= 4 is 0 Å². The fraction of sp³-hybridized carbons (Fsp3) is 0.0588. The van der Waals surface area contributed by atoms with E-state index in [4.69, 9.17) is 5.26 Å². The van der Waals surface area contributed by atoms with Gasteiger partial charge in [-0.1, -0.05) is 48.5 Å². The van der Waals surface area contributed by atoms with Gasteiger partial charge in [0, 0.05) is 11.8 Å². The molecule has 0 unspecified atom stereocenters. The maximum Gasteiger partial charge on any atom is 0.0995 e. The Morgan fingerprint density at radius 2 is 1.70 bits per heavy atom. The molecule has 0 saturated heterocycles. The summed E-state index contributed by atoms with van der Waals surface area (Å²) in [6.45, 7) is 0.608. The lowest BCUT2D eigenvalue weighted by Gasteiger charge is -2.03. The maximum atomic E-state index is 9.10. The Kier molecular flexibility index (Phi) is 3.30. The van der Waals surface area contributed by atoms with Crippen LogP contribution in [0.5, 0.6) is 0 Å². The molecule has 96 valence electrons. The Hall–Kier alpha value is -2.86. The molecule has 0 atom stereocenters. The third-order valence-corrected chi connectivity index (χ3v) is 3.21. The van der Waals surface area contributed by atoms with Gasteiger partial charge in [-0.25, -0.2) is 0 Å². The zero-order valence-corrected chi connectivity index (χ0v) is 10.9. The molecule has 3 aromatic rings. The topological polar surface area (TPSA) is 41.6 Å².